The van der Waals surface area contributed by atoms with Crippen LogP contribution in [0.5, 0.6) is 0 Å². The summed E-state index contributed by atoms with van der Waals surface area (Å²) in [5.41, 5.74) is 7.92. The van der Waals surface area contributed by atoms with Crippen LogP contribution in [0.4, 0.5) is 0 Å². The number of nitrogens with two attached hydrogens (primary N) is 1. The maximum Gasteiger partial charge on any atom is 0.134 e. The van der Waals surface area contributed by atoms with E-state index in [0.29, 0.717) is 5.92 Å². The van der Waals surface area contributed by atoms with E-state index in [0.717, 1.165) is 24.3 Å². The van der Waals surface area contributed by atoms with Crippen molar-refractivity contribution in [1.82, 2.24) is 0 Å². The van der Waals surface area contributed by atoms with E-state index >= 15 is 0 Å². The van der Waals surface area contributed by atoms with Gasteiger partial charge in [0.25, 0.3) is 0 Å². The second kappa shape index (κ2) is 4.07. The van der Waals surface area contributed by atoms with E-state index in [1.54, 1.807) is 0 Å². The molecule has 2 nitrogen and oxygen atoms in total. The molecule has 2 rings (SSSR count). The van der Waals surface area contributed by atoms with Gasteiger partial charge in [-0.05, 0) is 49.6 Å². The summed E-state index contributed by atoms with van der Waals surface area (Å²) in [6.45, 7) is 4.88. The molecule has 0 saturated heterocycles. The Bertz CT molecular complexity index is 459. The van der Waals surface area contributed by atoms with Crippen molar-refractivity contribution in [3.8, 4) is 0 Å². The van der Waals surface area contributed by atoms with Crippen LogP contribution < -0.4 is 5.73 Å². The Hall–Kier alpha value is -1.28. The van der Waals surface area contributed by atoms with Gasteiger partial charge in [-0.3, -0.25) is 0 Å². The Labute approximate surface area is 90.1 Å². The lowest BCUT2D eigenvalue weighted by Gasteiger charge is -2.07. The summed E-state index contributed by atoms with van der Waals surface area (Å²) in [4.78, 5) is 0. The van der Waals surface area contributed by atoms with Crippen LogP contribution in [0.15, 0.2) is 28.7 Å². The van der Waals surface area contributed by atoms with Crippen LogP contribution in [-0.2, 0) is 6.42 Å². The van der Waals surface area contributed by atoms with E-state index in [9.17, 15) is 0 Å². The van der Waals surface area contributed by atoms with Crippen molar-refractivity contribution in [2.24, 2.45) is 11.7 Å². The molecule has 2 heteroatoms. The lowest BCUT2D eigenvalue weighted by atomic mass is 10.0. The molecular weight excluding hydrogens is 186 g/mol. The highest BCUT2D eigenvalue weighted by Gasteiger charge is 2.04. The summed E-state index contributed by atoms with van der Waals surface area (Å²) in [5, 5.41) is 1.19. The third-order valence-corrected chi connectivity index (χ3v) is 2.69. The maximum absolute atomic E-state index is 5.62. The Morgan fingerprint density at radius 1 is 1.33 bits per heavy atom. The molecule has 0 aliphatic heterocycles. The number of hydrogen-bond acceptors (Lipinski definition) is 2. The summed E-state index contributed by atoms with van der Waals surface area (Å²) < 4.78 is 5.53. The first-order chi connectivity index (χ1) is 7.19. The molecule has 2 N–H and O–H groups in total. The van der Waals surface area contributed by atoms with Crippen molar-refractivity contribution in [1.29, 1.82) is 0 Å². The average molecular weight is 203 g/mol. The number of benzene rings is 1. The molecule has 0 saturated carbocycles. The van der Waals surface area contributed by atoms with Crippen molar-refractivity contribution < 1.29 is 4.42 Å². The van der Waals surface area contributed by atoms with Gasteiger partial charge in [0, 0.05) is 5.39 Å². The molecule has 1 atom stereocenters. The highest BCUT2D eigenvalue weighted by molar-refractivity contribution is 5.78. The molecule has 0 aliphatic rings. The van der Waals surface area contributed by atoms with Crippen molar-refractivity contribution in [2.45, 2.75) is 20.3 Å². The van der Waals surface area contributed by atoms with Gasteiger partial charge in [-0.1, -0.05) is 13.0 Å². The first-order valence-corrected chi connectivity index (χ1v) is 5.38. The normalized spacial score (nSPS) is 13.3. The van der Waals surface area contributed by atoms with Crippen molar-refractivity contribution in [3.63, 3.8) is 0 Å². The maximum atomic E-state index is 5.62. The molecule has 1 heterocycles. The van der Waals surface area contributed by atoms with Gasteiger partial charge in [0.05, 0.1) is 0 Å². The number of aryl methyl sites for hydroxylation is 1. The fraction of sp³-hybridized carbons (Fsp3) is 0.385. The monoisotopic (exact) mass is 203 g/mol. The lowest BCUT2D eigenvalue weighted by molar-refractivity contribution is 0.577. The topological polar surface area (TPSA) is 39.2 Å². The van der Waals surface area contributed by atoms with Gasteiger partial charge in [-0.15, -0.1) is 0 Å². The van der Waals surface area contributed by atoms with Crippen LogP contribution >= 0.6 is 0 Å². The van der Waals surface area contributed by atoms with Gasteiger partial charge in [0.15, 0.2) is 0 Å². The Kier molecular flexibility index (Phi) is 2.78. The van der Waals surface area contributed by atoms with Gasteiger partial charge in [0.2, 0.25) is 0 Å². The van der Waals surface area contributed by atoms with Gasteiger partial charge >= 0.3 is 0 Å². The molecule has 1 aromatic carbocycles. The molecule has 0 aliphatic carbocycles. The van der Waals surface area contributed by atoms with Gasteiger partial charge < -0.3 is 10.2 Å². The first kappa shape index (κ1) is 10.2. The van der Waals surface area contributed by atoms with Crippen LogP contribution in [0, 0.1) is 12.8 Å². The number of hydrogen-bond donors (Lipinski definition) is 1. The Morgan fingerprint density at radius 2 is 2.13 bits per heavy atom. The van der Waals surface area contributed by atoms with Gasteiger partial charge in [0.1, 0.15) is 11.3 Å². The number of furan rings is 1. The highest BCUT2D eigenvalue weighted by Crippen LogP contribution is 2.21. The standard InChI is InChI=1S/C13H17NO/c1-9(8-14)5-11-3-4-13-12(7-11)6-10(2)15-13/h3-4,6-7,9H,5,8,14H2,1-2H3. The molecule has 0 bridgehead atoms. The van der Waals surface area contributed by atoms with E-state index in [2.05, 4.69) is 25.1 Å². The summed E-state index contributed by atoms with van der Waals surface area (Å²) in [6.07, 6.45) is 1.04. The lowest BCUT2D eigenvalue weighted by Crippen LogP contribution is -2.12. The summed E-state index contributed by atoms with van der Waals surface area (Å²) in [5.74, 6) is 1.50. The van der Waals surface area contributed by atoms with Crippen LogP contribution in [0.25, 0.3) is 11.0 Å². The Balaban J connectivity index is 2.30. The molecule has 15 heavy (non-hydrogen) atoms. The molecule has 1 aromatic heterocycles. The predicted molar refractivity (Wildman–Crippen MR) is 62.9 cm³/mol. The fourth-order valence-corrected chi connectivity index (χ4v) is 1.84. The fourth-order valence-electron chi connectivity index (χ4n) is 1.84. The molecule has 0 fully saturated rings. The summed E-state index contributed by atoms with van der Waals surface area (Å²) >= 11 is 0. The third kappa shape index (κ3) is 2.21. The second-order valence-corrected chi connectivity index (χ2v) is 4.27. The number of fused-ring (bicyclic) bond motifs is 1. The minimum Gasteiger partial charge on any atom is -0.461 e. The van der Waals surface area contributed by atoms with E-state index in [1.165, 1.54) is 10.9 Å². The predicted octanol–water partition coefficient (Wildman–Crippen LogP) is 2.88. The quantitative estimate of drug-likeness (QED) is 0.833. The molecule has 2 aromatic rings. The van der Waals surface area contributed by atoms with Gasteiger partial charge in [-0.2, -0.15) is 0 Å². The second-order valence-electron chi connectivity index (χ2n) is 4.27. The molecular formula is C13H17NO. The minimum atomic E-state index is 0.537. The van der Waals surface area contributed by atoms with E-state index in [4.69, 9.17) is 10.2 Å². The summed E-state index contributed by atoms with van der Waals surface area (Å²) in [6, 6.07) is 8.43. The number of rotatable bonds is 3. The largest absolute Gasteiger partial charge is 0.461 e. The summed E-state index contributed by atoms with van der Waals surface area (Å²) in [7, 11) is 0. The van der Waals surface area contributed by atoms with Crippen LogP contribution in [0.1, 0.15) is 18.2 Å². The molecule has 80 valence electrons. The Morgan fingerprint density at radius 3 is 2.87 bits per heavy atom. The smallest absolute Gasteiger partial charge is 0.134 e. The molecule has 0 radical (unpaired) electrons. The zero-order chi connectivity index (χ0) is 10.8. The average Bonchev–Trinajstić information content (AvgIpc) is 2.57. The van der Waals surface area contributed by atoms with E-state index < -0.39 is 0 Å². The van der Waals surface area contributed by atoms with Crippen LogP contribution in [0.3, 0.4) is 0 Å². The first-order valence-electron chi connectivity index (χ1n) is 5.38. The minimum absolute atomic E-state index is 0.537. The van der Waals surface area contributed by atoms with Crippen molar-refractivity contribution in [2.75, 3.05) is 6.54 Å². The zero-order valence-electron chi connectivity index (χ0n) is 9.29. The van der Waals surface area contributed by atoms with Crippen LogP contribution in [0.2, 0.25) is 0 Å². The molecule has 0 amide bonds. The van der Waals surface area contributed by atoms with E-state index in [-0.39, 0.29) is 0 Å². The van der Waals surface area contributed by atoms with Crippen LogP contribution in [-0.4, -0.2) is 6.54 Å². The van der Waals surface area contributed by atoms with Crippen molar-refractivity contribution in [3.05, 3.63) is 35.6 Å². The third-order valence-electron chi connectivity index (χ3n) is 2.69. The zero-order valence-corrected chi connectivity index (χ0v) is 9.29. The van der Waals surface area contributed by atoms with Gasteiger partial charge in [-0.25, -0.2) is 0 Å². The molecule has 0 spiro atoms. The van der Waals surface area contributed by atoms with E-state index in [1.807, 2.05) is 13.0 Å². The SMILES string of the molecule is Cc1cc2cc(CC(C)CN)ccc2o1. The van der Waals surface area contributed by atoms with Crippen molar-refractivity contribution >= 4 is 11.0 Å². The molecule has 1 unspecified atom stereocenters. The highest BCUT2D eigenvalue weighted by atomic mass is 16.3.